The van der Waals surface area contributed by atoms with Crippen molar-refractivity contribution >= 4 is 11.7 Å². The highest BCUT2D eigenvalue weighted by molar-refractivity contribution is 5.97. The summed E-state index contributed by atoms with van der Waals surface area (Å²) in [7, 11) is 2.17. The molecule has 5 aliphatic rings. The van der Waals surface area contributed by atoms with Crippen LogP contribution in [0, 0.1) is 17.2 Å². The molecule has 8 rings (SSSR count). The number of hydrogen-bond acceptors (Lipinski definition) is 9. The summed E-state index contributed by atoms with van der Waals surface area (Å²) in [6.07, 6.45) is 6.97. The van der Waals surface area contributed by atoms with Crippen LogP contribution in [0.2, 0.25) is 0 Å². The lowest BCUT2D eigenvalue weighted by atomic mass is 9.61. The fourth-order valence-electron chi connectivity index (χ4n) is 8.67. The van der Waals surface area contributed by atoms with Gasteiger partial charge < -0.3 is 24.2 Å². The third kappa shape index (κ3) is 6.38. The second kappa shape index (κ2) is 12.7. The van der Waals surface area contributed by atoms with Crippen molar-refractivity contribution in [3.8, 4) is 17.2 Å². The molecule has 2 aliphatic carbocycles. The van der Waals surface area contributed by atoms with Crippen molar-refractivity contribution in [3.63, 3.8) is 0 Å². The predicted octanol–water partition coefficient (Wildman–Crippen LogP) is 5.42. The van der Waals surface area contributed by atoms with Gasteiger partial charge in [0.1, 0.15) is 29.7 Å². The van der Waals surface area contributed by atoms with E-state index in [1.54, 1.807) is 13.8 Å². The summed E-state index contributed by atoms with van der Waals surface area (Å²) in [5.41, 5.74) is 2.46. The summed E-state index contributed by atoms with van der Waals surface area (Å²) < 4.78 is 54.8. The Labute approximate surface area is 290 Å². The number of halogens is 3. The molecule has 2 saturated carbocycles. The molecular weight excluding hydrogens is 647 g/mol. The van der Waals surface area contributed by atoms with Gasteiger partial charge in [-0.15, -0.1) is 0 Å². The summed E-state index contributed by atoms with van der Waals surface area (Å²) in [5.74, 6) is -1.24. The maximum absolute atomic E-state index is 14.5. The number of carbonyl (C=O) groups excluding carboxylic acids is 1. The van der Waals surface area contributed by atoms with Crippen molar-refractivity contribution in [1.82, 2.24) is 29.7 Å². The minimum atomic E-state index is -2.80. The smallest absolute Gasteiger partial charge is 0.258 e. The van der Waals surface area contributed by atoms with Gasteiger partial charge in [0, 0.05) is 100 Å². The van der Waals surface area contributed by atoms with Crippen LogP contribution in [0.4, 0.5) is 19.0 Å². The molecule has 0 N–H and O–H groups in total. The zero-order chi connectivity index (χ0) is 34.8. The maximum atomic E-state index is 14.5. The molecule has 0 atom stereocenters. The average molecular weight is 692 g/mol. The molecule has 1 amide bonds. The molecule has 0 unspecified atom stereocenters. The lowest BCUT2D eigenvalue weighted by Gasteiger charge is -2.59. The first-order valence-corrected chi connectivity index (χ1v) is 17.7. The van der Waals surface area contributed by atoms with E-state index in [1.165, 1.54) is 48.2 Å². The Bertz CT molecular complexity index is 1750. The number of aromatic nitrogens is 3. The standard InChI is InChI=1S/C37H44F3N7O3/c1-23(2)47(26-11-37(39,40)12-26)35(48)28-10-25(38)4-5-31(28)50-33-15-41-22-43-34(33)46-20-36(21-46)13-27(14-36)49-32-6-8-42-30-7-9-45(19-29(30)32)18-24-16-44(3)17-24/h4-6,8,10,15,22-24,26-27H,7,9,11-14,16-21H2,1-3H3. The van der Waals surface area contributed by atoms with Crippen molar-refractivity contribution in [2.45, 2.75) is 76.6 Å². The number of alkyl halides is 2. The summed E-state index contributed by atoms with van der Waals surface area (Å²) >= 11 is 0. The Hall–Kier alpha value is -3.97. The van der Waals surface area contributed by atoms with Crippen LogP contribution in [0.25, 0.3) is 0 Å². The molecular formula is C37H44F3N7O3. The largest absolute Gasteiger partial charge is 0.490 e. The van der Waals surface area contributed by atoms with Gasteiger partial charge >= 0.3 is 0 Å². The van der Waals surface area contributed by atoms with Crippen molar-refractivity contribution in [2.75, 3.05) is 51.2 Å². The quantitative estimate of drug-likeness (QED) is 0.277. The fourth-order valence-corrected chi connectivity index (χ4v) is 8.67. The second-order valence-corrected chi connectivity index (χ2v) is 15.5. The van der Waals surface area contributed by atoms with Gasteiger partial charge in [0.15, 0.2) is 11.6 Å². The van der Waals surface area contributed by atoms with Crippen LogP contribution >= 0.6 is 0 Å². The van der Waals surface area contributed by atoms with E-state index >= 15 is 0 Å². The Morgan fingerprint density at radius 2 is 1.84 bits per heavy atom. The molecule has 13 heteroatoms. The Kier molecular flexibility index (Phi) is 8.41. The number of benzene rings is 1. The van der Waals surface area contributed by atoms with E-state index in [-0.39, 0.29) is 28.9 Å². The highest BCUT2D eigenvalue weighted by atomic mass is 19.3. The van der Waals surface area contributed by atoms with Crippen molar-refractivity contribution in [2.24, 2.45) is 11.3 Å². The zero-order valence-corrected chi connectivity index (χ0v) is 28.8. The summed E-state index contributed by atoms with van der Waals surface area (Å²) in [5, 5.41) is 0. The van der Waals surface area contributed by atoms with Crippen LogP contribution in [0.1, 0.15) is 61.1 Å². The molecule has 0 radical (unpaired) electrons. The van der Waals surface area contributed by atoms with Crippen LogP contribution in [-0.2, 0) is 13.0 Å². The number of likely N-dealkylation sites (tertiary alicyclic amines) is 1. The van der Waals surface area contributed by atoms with E-state index in [0.717, 1.165) is 75.4 Å². The summed E-state index contributed by atoms with van der Waals surface area (Å²) in [6.45, 7) is 10.4. The van der Waals surface area contributed by atoms with Crippen LogP contribution in [0.15, 0.2) is 43.0 Å². The van der Waals surface area contributed by atoms with Crippen molar-refractivity contribution in [1.29, 1.82) is 0 Å². The van der Waals surface area contributed by atoms with E-state index in [1.807, 2.05) is 12.3 Å². The van der Waals surface area contributed by atoms with Crippen LogP contribution in [-0.4, -0.2) is 106 Å². The van der Waals surface area contributed by atoms with E-state index in [0.29, 0.717) is 11.6 Å². The van der Waals surface area contributed by atoms with Gasteiger partial charge in [-0.1, -0.05) is 0 Å². The van der Waals surface area contributed by atoms with E-state index in [4.69, 9.17) is 9.47 Å². The topological polar surface area (TPSA) is 87.2 Å². The number of hydrogen-bond donors (Lipinski definition) is 0. The molecule has 10 nitrogen and oxygen atoms in total. The zero-order valence-electron chi connectivity index (χ0n) is 28.8. The summed E-state index contributed by atoms with van der Waals surface area (Å²) in [6, 6.07) is 4.73. The van der Waals surface area contributed by atoms with Crippen molar-refractivity contribution in [3.05, 3.63) is 65.6 Å². The number of fused-ring (bicyclic) bond motifs is 1. The number of nitrogens with zero attached hydrogens (tertiary/aromatic N) is 7. The van der Waals surface area contributed by atoms with E-state index < -0.39 is 36.5 Å². The third-order valence-electron chi connectivity index (χ3n) is 11.1. The van der Waals surface area contributed by atoms with Gasteiger partial charge in [-0.05, 0) is 63.9 Å². The molecule has 3 aromatic rings. The van der Waals surface area contributed by atoms with Gasteiger partial charge in [-0.2, -0.15) is 0 Å². The van der Waals surface area contributed by atoms with Gasteiger partial charge in [-0.3, -0.25) is 14.7 Å². The number of ether oxygens (including phenoxy) is 2. The Balaban J connectivity index is 0.908. The lowest BCUT2D eigenvalue weighted by molar-refractivity contribution is -0.120. The van der Waals surface area contributed by atoms with Gasteiger partial charge in [0.2, 0.25) is 0 Å². The molecule has 50 heavy (non-hydrogen) atoms. The maximum Gasteiger partial charge on any atom is 0.258 e. The van der Waals surface area contributed by atoms with Gasteiger partial charge in [0.05, 0.1) is 11.8 Å². The average Bonchev–Trinajstić information content (AvgIpc) is 3.01. The monoisotopic (exact) mass is 691 g/mol. The molecule has 3 aliphatic heterocycles. The molecule has 2 aromatic heterocycles. The van der Waals surface area contributed by atoms with Crippen LogP contribution in [0.3, 0.4) is 0 Å². The normalized spacial score (nSPS) is 21.9. The Morgan fingerprint density at radius 3 is 2.56 bits per heavy atom. The molecule has 1 aromatic carbocycles. The lowest BCUT2D eigenvalue weighted by Crippen LogP contribution is -2.65. The highest BCUT2D eigenvalue weighted by Crippen LogP contribution is 2.52. The van der Waals surface area contributed by atoms with Gasteiger partial charge in [0.25, 0.3) is 11.8 Å². The van der Waals surface area contributed by atoms with Crippen molar-refractivity contribution < 1.29 is 27.4 Å². The first-order chi connectivity index (χ1) is 23.9. The molecule has 2 saturated heterocycles. The first-order valence-electron chi connectivity index (χ1n) is 17.7. The number of rotatable bonds is 10. The number of amides is 1. The SMILES string of the molecule is CC(C)N(C(=O)c1cc(F)ccc1Oc1cncnc1N1CC2(CC(Oc3ccnc4c3CN(CC3CN(C)C3)CC4)C2)C1)C1CC(F)(F)C1. The molecule has 266 valence electrons. The van der Waals surface area contributed by atoms with Crippen LogP contribution in [0.5, 0.6) is 17.2 Å². The Morgan fingerprint density at radius 1 is 1.06 bits per heavy atom. The van der Waals surface area contributed by atoms with Gasteiger partial charge in [-0.25, -0.2) is 23.1 Å². The fraction of sp³-hybridized carbons (Fsp3) is 0.568. The van der Waals surface area contributed by atoms with E-state index in [2.05, 4.69) is 36.7 Å². The van der Waals surface area contributed by atoms with Crippen LogP contribution < -0.4 is 14.4 Å². The number of anilines is 1. The molecule has 4 fully saturated rings. The second-order valence-electron chi connectivity index (χ2n) is 15.5. The molecule has 1 spiro atoms. The number of pyridine rings is 1. The van der Waals surface area contributed by atoms with E-state index in [9.17, 15) is 18.0 Å². The summed E-state index contributed by atoms with van der Waals surface area (Å²) in [4.78, 5) is 35.5. The first kappa shape index (κ1) is 33.2. The highest BCUT2D eigenvalue weighted by Gasteiger charge is 2.54. The minimum absolute atomic E-state index is 0.0279. The third-order valence-corrected chi connectivity index (χ3v) is 11.1. The number of carbonyl (C=O) groups is 1. The minimum Gasteiger partial charge on any atom is -0.490 e. The predicted molar refractivity (Wildman–Crippen MR) is 180 cm³/mol. The molecule has 5 heterocycles. The molecule has 0 bridgehead atoms.